The molecule has 0 saturated carbocycles. The van der Waals surface area contributed by atoms with Crippen LogP contribution in [0.5, 0.6) is 5.75 Å². The highest BCUT2D eigenvalue weighted by Crippen LogP contribution is 2.18. The maximum atomic E-state index is 11.6. The molecule has 0 bridgehead atoms. The Kier molecular flexibility index (Phi) is 9.82. The molecule has 1 aromatic carbocycles. The smallest absolute Gasteiger partial charge is 0.319 e. The summed E-state index contributed by atoms with van der Waals surface area (Å²) in [6.07, 6.45) is 2.32. The zero-order valence-corrected chi connectivity index (χ0v) is 14.5. The van der Waals surface area contributed by atoms with Crippen LogP contribution in [0, 0.1) is 0 Å². The fourth-order valence-electron chi connectivity index (χ4n) is 2.05. The van der Waals surface area contributed by atoms with Crippen LogP contribution in [0.1, 0.15) is 26.7 Å². The number of phenols is 1. The first-order valence-electron chi connectivity index (χ1n) is 7.16. The summed E-state index contributed by atoms with van der Waals surface area (Å²) in [7, 11) is 0. The standard InChI is InChI=1S/C15H25N3O2.BrH/c1-3-5-10-17(4-2)11-12-18(15(16)20)13-6-8-14(19)9-7-13;/h6-9,19H,3-5,10-12H2,1-2H3,(H2,16,20);1H. The summed E-state index contributed by atoms with van der Waals surface area (Å²) in [6, 6.07) is 6.03. The number of amides is 2. The average molecular weight is 360 g/mol. The van der Waals surface area contributed by atoms with Crippen LogP contribution in [0.15, 0.2) is 24.3 Å². The third-order valence-corrected chi connectivity index (χ3v) is 3.34. The van der Waals surface area contributed by atoms with Crippen molar-refractivity contribution >= 4 is 28.7 Å². The molecule has 6 heteroatoms. The summed E-state index contributed by atoms with van der Waals surface area (Å²) in [5.74, 6) is 0.177. The number of hydrogen-bond donors (Lipinski definition) is 2. The molecule has 0 heterocycles. The average Bonchev–Trinajstić information content (AvgIpc) is 2.44. The van der Waals surface area contributed by atoms with Crippen LogP contribution < -0.4 is 10.6 Å². The SMILES string of the molecule is Br.CCCCN(CC)CCN(C(N)=O)c1ccc(O)cc1. The van der Waals surface area contributed by atoms with Gasteiger partial charge in [0.25, 0.3) is 0 Å². The Labute approximate surface area is 137 Å². The number of phenolic OH excluding ortho intramolecular Hbond substituents is 1. The fourth-order valence-corrected chi connectivity index (χ4v) is 2.05. The first kappa shape index (κ1) is 19.7. The molecule has 0 saturated heterocycles. The number of halogens is 1. The number of carbonyl (C=O) groups excluding carboxylic acids is 1. The lowest BCUT2D eigenvalue weighted by atomic mass is 10.2. The molecule has 0 aliphatic rings. The molecule has 0 fully saturated rings. The zero-order chi connectivity index (χ0) is 15.0. The van der Waals surface area contributed by atoms with Crippen molar-refractivity contribution in [1.82, 2.24) is 4.90 Å². The molecule has 0 radical (unpaired) electrons. The second-order valence-corrected chi connectivity index (χ2v) is 4.79. The van der Waals surface area contributed by atoms with Crippen LogP contribution in [0.25, 0.3) is 0 Å². The summed E-state index contributed by atoms with van der Waals surface area (Å²) < 4.78 is 0. The highest BCUT2D eigenvalue weighted by Gasteiger charge is 2.13. The second kappa shape index (κ2) is 10.5. The van der Waals surface area contributed by atoms with Gasteiger partial charge in [-0.25, -0.2) is 4.79 Å². The molecule has 0 unspecified atom stereocenters. The first-order valence-corrected chi connectivity index (χ1v) is 7.16. The van der Waals surface area contributed by atoms with Gasteiger partial charge in [0.1, 0.15) is 5.75 Å². The van der Waals surface area contributed by atoms with E-state index in [-0.39, 0.29) is 22.7 Å². The number of anilines is 1. The monoisotopic (exact) mass is 359 g/mol. The largest absolute Gasteiger partial charge is 0.508 e. The Hall–Kier alpha value is -1.27. The van der Waals surface area contributed by atoms with Gasteiger partial charge in [0, 0.05) is 18.8 Å². The van der Waals surface area contributed by atoms with E-state index in [1.165, 1.54) is 4.90 Å². The number of likely N-dealkylation sites (N-methyl/N-ethyl adjacent to an activating group) is 1. The molecule has 0 aliphatic heterocycles. The maximum absolute atomic E-state index is 11.6. The molecule has 3 N–H and O–H groups in total. The summed E-state index contributed by atoms with van der Waals surface area (Å²) >= 11 is 0. The lowest BCUT2D eigenvalue weighted by molar-refractivity contribution is 0.250. The van der Waals surface area contributed by atoms with E-state index in [0.29, 0.717) is 12.2 Å². The lowest BCUT2D eigenvalue weighted by Crippen LogP contribution is -2.41. The predicted molar refractivity (Wildman–Crippen MR) is 92.4 cm³/mol. The Balaban J connectivity index is 0.00000400. The number of nitrogens with zero attached hydrogens (tertiary/aromatic N) is 2. The zero-order valence-electron chi connectivity index (χ0n) is 12.8. The number of unbranched alkanes of at least 4 members (excludes halogenated alkanes) is 1. The van der Waals surface area contributed by atoms with Gasteiger partial charge in [-0.15, -0.1) is 17.0 Å². The molecule has 5 nitrogen and oxygen atoms in total. The molecule has 2 amide bonds. The van der Waals surface area contributed by atoms with Crippen molar-refractivity contribution in [3.63, 3.8) is 0 Å². The summed E-state index contributed by atoms with van der Waals surface area (Å²) in [4.78, 5) is 15.4. The van der Waals surface area contributed by atoms with Crippen LogP contribution in [-0.4, -0.2) is 42.2 Å². The molecule has 1 rings (SSSR count). The molecule has 0 aliphatic carbocycles. The molecule has 1 aromatic rings. The molecular weight excluding hydrogens is 334 g/mol. The third-order valence-electron chi connectivity index (χ3n) is 3.34. The number of hydrogen-bond acceptors (Lipinski definition) is 3. The molecule has 21 heavy (non-hydrogen) atoms. The molecular formula is C15H26BrN3O2. The number of carbonyl (C=O) groups is 1. The number of rotatable bonds is 8. The van der Waals surface area contributed by atoms with Gasteiger partial charge in [-0.05, 0) is 43.8 Å². The van der Waals surface area contributed by atoms with Crippen molar-refractivity contribution in [2.75, 3.05) is 31.1 Å². The normalized spacial score (nSPS) is 10.2. The minimum absolute atomic E-state index is 0. The van der Waals surface area contributed by atoms with E-state index >= 15 is 0 Å². The molecule has 120 valence electrons. The van der Waals surface area contributed by atoms with E-state index in [1.807, 2.05) is 0 Å². The summed E-state index contributed by atoms with van der Waals surface area (Å²) in [5, 5.41) is 9.29. The van der Waals surface area contributed by atoms with E-state index in [0.717, 1.165) is 32.5 Å². The van der Waals surface area contributed by atoms with Gasteiger partial charge in [-0.3, -0.25) is 4.90 Å². The van der Waals surface area contributed by atoms with Crippen LogP contribution in [0.2, 0.25) is 0 Å². The predicted octanol–water partition coefficient (Wildman–Crippen LogP) is 2.98. The lowest BCUT2D eigenvalue weighted by Gasteiger charge is -2.26. The highest BCUT2D eigenvalue weighted by molar-refractivity contribution is 8.93. The topological polar surface area (TPSA) is 69.8 Å². The van der Waals surface area contributed by atoms with Crippen molar-refractivity contribution in [2.24, 2.45) is 5.73 Å². The van der Waals surface area contributed by atoms with Gasteiger partial charge in [-0.2, -0.15) is 0 Å². The van der Waals surface area contributed by atoms with Gasteiger partial charge in [-0.1, -0.05) is 20.3 Å². The molecule has 0 aromatic heterocycles. The van der Waals surface area contributed by atoms with Gasteiger partial charge >= 0.3 is 6.03 Å². The van der Waals surface area contributed by atoms with Crippen molar-refractivity contribution in [3.8, 4) is 5.75 Å². The molecule has 0 spiro atoms. The Morgan fingerprint density at radius 3 is 2.24 bits per heavy atom. The number of aromatic hydroxyl groups is 1. The highest BCUT2D eigenvalue weighted by atomic mass is 79.9. The number of urea groups is 1. The van der Waals surface area contributed by atoms with Crippen molar-refractivity contribution in [2.45, 2.75) is 26.7 Å². The van der Waals surface area contributed by atoms with Gasteiger partial charge in [0.2, 0.25) is 0 Å². The molecule has 0 atom stereocenters. The Morgan fingerprint density at radius 1 is 1.14 bits per heavy atom. The maximum Gasteiger partial charge on any atom is 0.319 e. The van der Waals surface area contributed by atoms with Crippen LogP contribution in [0.3, 0.4) is 0 Å². The second-order valence-electron chi connectivity index (χ2n) is 4.79. The van der Waals surface area contributed by atoms with E-state index in [2.05, 4.69) is 18.7 Å². The summed E-state index contributed by atoms with van der Waals surface area (Å²) in [5.41, 5.74) is 6.15. The Morgan fingerprint density at radius 2 is 1.76 bits per heavy atom. The fraction of sp³-hybridized carbons (Fsp3) is 0.533. The van der Waals surface area contributed by atoms with E-state index in [1.54, 1.807) is 24.3 Å². The van der Waals surface area contributed by atoms with Gasteiger partial charge in [0.05, 0.1) is 0 Å². The van der Waals surface area contributed by atoms with Crippen LogP contribution >= 0.6 is 17.0 Å². The van der Waals surface area contributed by atoms with E-state index in [9.17, 15) is 9.90 Å². The van der Waals surface area contributed by atoms with Gasteiger partial charge < -0.3 is 15.7 Å². The number of nitrogens with two attached hydrogens (primary N) is 1. The third kappa shape index (κ3) is 6.82. The van der Waals surface area contributed by atoms with Crippen molar-refractivity contribution in [3.05, 3.63) is 24.3 Å². The van der Waals surface area contributed by atoms with Crippen molar-refractivity contribution in [1.29, 1.82) is 0 Å². The van der Waals surface area contributed by atoms with Crippen molar-refractivity contribution < 1.29 is 9.90 Å². The number of benzene rings is 1. The minimum Gasteiger partial charge on any atom is -0.508 e. The quantitative estimate of drug-likeness (QED) is 0.749. The first-order chi connectivity index (χ1) is 9.58. The summed E-state index contributed by atoms with van der Waals surface area (Å²) in [6.45, 7) is 7.63. The van der Waals surface area contributed by atoms with E-state index in [4.69, 9.17) is 5.73 Å². The minimum atomic E-state index is -0.470. The number of primary amides is 1. The Bertz CT molecular complexity index is 412. The van der Waals surface area contributed by atoms with Crippen LogP contribution in [0.4, 0.5) is 10.5 Å². The van der Waals surface area contributed by atoms with E-state index < -0.39 is 6.03 Å². The van der Waals surface area contributed by atoms with Gasteiger partial charge in [0.15, 0.2) is 0 Å². The van der Waals surface area contributed by atoms with Crippen LogP contribution in [-0.2, 0) is 0 Å².